The normalized spacial score (nSPS) is 21.8. The summed E-state index contributed by atoms with van der Waals surface area (Å²) in [6.07, 6.45) is 1.78. The van der Waals surface area contributed by atoms with Crippen LogP contribution in [0.2, 0.25) is 0 Å². The number of hydrogen-bond donors (Lipinski definition) is 1. The largest absolute Gasteiger partial charge is 0.315 e. The molecule has 1 unspecified atom stereocenters. The van der Waals surface area contributed by atoms with E-state index in [1.165, 1.54) is 11.8 Å². The van der Waals surface area contributed by atoms with Crippen molar-refractivity contribution in [2.75, 3.05) is 24.6 Å². The maximum atomic E-state index is 11.4. The zero-order chi connectivity index (χ0) is 13.7. The van der Waals surface area contributed by atoms with Crippen molar-refractivity contribution >= 4 is 21.6 Å². The number of nitrogens with one attached hydrogen (secondary N) is 1. The number of nitrogens with zero attached hydrogens (tertiary/aromatic N) is 4. The van der Waals surface area contributed by atoms with Crippen LogP contribution in [0.25, 0.3) is 0 Å². The lowest BCUT2D eigenvalue weighted by atomic mass is 10.4. The SMILES string of the molecule is CCCNCCn1nnnc1SC1CCS(=O)(=O)C1. The Kier molecular flexibility index (Phi) is 5.17. The Morgan fingerprint density at radius 3 is 3.00 bits per heavy atom. The van der Waals surface area contributed by atoms with E-state index in [2.05, 4.69) is 27.8 Å². The first-order chi connectivity index (χ1) is 9.11. The maximum absolute atomic E-state index is 11.4. The molecule has 0 bridgehead atoms. The summed E-state index contributed by atoms with van der Waals surface area (Å²) in [6.45, 7) is 4.61. The van der Waals surface area contributed by atoms with Gasteiger partial charge in [0.2, 0.25) is 5.16 Å². The number of sulfone groups is 1. The molecule has 1 fully saturated rings. The van der Waals surface area contributed by atoms with E-state index >= 15 is 0 Å². The lowest BCUT2D eigenvalue weighted by Crippen LogP contribution is -2.21. The Morgan fingerprint density at radius 1 is 1.47 bits per heavy atom. The predicted octanol–water partition coefficient (Wildman–Crippen LogP) is -0.0481. The van der Waals surface area contributed by atoms with E-state index in [4.69, 9.17) is 0 Å². The van der Waals surface area contributed by atoms with Crippen LogP contribution in [0.3, 0.4) is 0 Å². The van der Waals surface area contributed by atoms with E-state index in [1.54, 1.807) is 4.68 Å². The highest BCUT2D eigenvalue weighted by molar-refractivity contribution is 8.01. The van der Waals surface area contributed by atoms with Crippen LogP contribution in [0.15, 0.2) is 5.16 Å². The van der Waals surface area contributed by atoms with E-state index in [0.717, 1.165) is 19.5 Å². The third kappa shape index (κ3) is 4.43. The van der Waals surface area contributed by atoms with Gasteiger partial charge in [0, 0.05) is 11.8 Å². The second-order valence-electron chi connectivity index (χ2n) is 4.58. The standard InChI is InChI=1S/C10H19N5O2S2/c1-2-4-11-5-6-15-10(12-13-14-15)18-9-3-7-19(16,17)8-9/h9,11H,2-8H2,1H3. The summed E-state index contributed by atoms with van der Waals surface area (Å²) in [4.78, 5) is 0. The lowest BCUT2D eigenvalue weighted by Gasteiger charge is -2.08. The van der Waals surface area contributed by atoms with E-state index in [9.17, 15) is 8.42 Å². The van der Waals surface area contributed by atoms with Gasteiger partial charge in [0.15, 0.2) is 9.84 Å². The fraction of sp³-hybridized carbons (Fsp3) is 0.900. The molecule has 1 aliphatic heterocycles. The third-order valence-corrected chi connectivity index (χ3v) is 6.11. The smallest absolute Gasteiger partial charge is 0.209 e. The van der Waals surface area contributed by atoms with Crippen molar-refractivity contribution in [2.24, 2.45) is 0 Å². The van der Waals surface area contributed by atoms with Crippen molar-refractivity contribution in [3.05, 3.63) is 0 Å². The highest BCUT2D eigenvalue weighted by Gasteiger charge is 2.29. The topological polar surface area (TPSA) is 89.8 Å². The van der Waals surface area contributed by atoms with Gasteiger partial charge in [0.05, 0.1) is 18.1 Å². The summed E-state index contributed by atoms with van der Waals surface area (Å²) < 4.78 is 24.6. The first-order valence-electron chi connectivity index (χ1n) is 6.44. The molecular weight excluding hydrogens is 286 g/mol. The van der Waals surface area contributed by atoms with Crippen molar-refractivity contribution in [3.8, 4) is 0 Å². The van der Waals surface area contributed by atoms with Crippen molar-refractivity contribution in [1.82, 2.24) is 25.5 Å². The summed E-state index contributed by atoms with van der Waals surface area (Å²) in [5.74, 6) is 0.517. The fourth-order valence-corrected chi connectivity index (χ4v) is 5.36. The van der Waals surface area contributed by atoms with E-state index < -0.39 is 9.84 Å². The van der Waals surface area contributed by atoms with Crippen LogP contribution in [-0.4, -0.2) is 58.5 Å². The molecule has 0 amide bonds. The van der Waals surface area contributed by atoms with Crippen molar-refractivity contribution in [2.45, 2.75) is 36.7 Å². The molecule has 1 N–H and O–H groups in total. The average molecular weight is 305 g/mol. The van der Waals surface area contributed by atoms with E-state index in [1.807, 2.05) is 0 Å². The monoisotopic (exact) mass is 305 g/mol. The fourth-order valence-electron chi connectivity index (χ4n) is 1.91. The van der Waals surface area contributed by atoms with Crippen LogP contribution in [0.4, 0.5) is 0 Å². The molecule has 0 spiro atoms. The van der Waals surface area contributed by atoms with Gasteiger partial charge in [-0.1, -0.05) is 18.7 Å². The number of thioether (sulfide) groups is 1. The zero-order valence-electron chi connectivity index (χ0n) is 10.9. The van der Waals surface area contributed by atoms with Crippen LogP contribution in [-0.2, 0) is 16.4 Å². The molecule has 7 nitrogen and oxygen atoms in total. The van der Waals surface area contributed by atoms with Gasteiger partial charge < -0.3 is 5.32 Å². The minimum absolute atomic E-state index is 0.0818. The number of hydrogen-bond acceptors (Lipinski definition) is 7. The molecule has 1 atom stereocenters. The molecule has 1 saturated heterocycles. The van der Waals surface area contributed by atoms with Gasteiger partial charge in [-0.15, -0.1) is 5.10 Å². The first kappa shape index (κ1) is 14.7. The quantitative estimate of drug-likeness (QED) is 0.706. The summed E-state index contributed by atoms with van der Waals surface area (Å²) in [5, 5.41) is 15.6. The van der Waals surface area contributed by atoms with Gasteiger partial charge >= 0.3 is 0 Å². The minimum Gasteiger partial charge on any atom is -0.315 e. The molecule has 0 radical (unpaired) electrons. The van der Waals surface area contributed by atoms with Crippen LogP contribution in [0.1, 0.15) is 19.8 Å². The van der Waals surface area contributed by atoms with Gasteiger partial charge in [-0.05, 0) is 29.8 Å². The van der Waals surface area contributed by atoms with Gasteiger partial charge in [0.1, 0.15) is 0 Å². The molecule has 108 valence electrons. The molecule has 0 saturated carbocycles. The van der Waals surface area contributed by atoms with Gasteiger partial charge in [0.25, 0.3) is 0 Å². The summed E-state index contributed by atoms with van der Waals surface area (Å²) in [6, 6.07) is 0. The minimum atomic E-state index is -2.85. The van der Waals surface area contributed by atoms with E-state index in [-0.39, 0.29) is 16.8 Å². The lowest BCUT2D eigenvalue weighted by molar-refractivity contribution is 0.510. The molecule has 0 aliphatic carbocycles. The summed E-state index contributed by atoms with van der Waals surface area (Å²) >= 11 is 1.47. The highest BCUT2D eigenvalue weighted by Crippen LogP contribution is 2.28. The highest BCUT2D eigenvalue weighted by atomic mass is 32.2. The Morgan fingerprint density at radius 2 is 2.32 bits per heavy atom. The molecule has 2 heterocycles. The molecule has 1 aromatic rings. The molecule has 0 aromatic carbocycles. The van der Waals surface area contributed by atoms with Crippen molar-refractivity contribution < 1.29 is 8.42 Å². The summed E-state index contributed by atoms with van der Waals surface area (Å²) in [7, 11) is -2.85. The first-order valence-corrected chi connectivity index (χ1v) is 9.15. The average Bonchev–Trinajstić information content (AvgIpc) is 2.92. The van der Waals surface area contributed by atoms with E-state index in [0.29, 0.717) is 18.1 Å². The Balaban J connectivity index is 1.86. The van der Waals surface area contributed by atoms with Gasteiger partial charge in [-0.25, -0.2) is 13.1 Å². The summed E-state index contributed by atoms with van der Waals surface area (Å²) in [5.41, 5.74) is 0. The Hall–Kier alpha value is -0.670. The Bertz CT molecular complexity index is 502. The van der Waals surface area contributed by atoms with Crippen LogP contribution in [0.5, 0.6) is 0 Å². The molecule has 2 rings (SSSR count). The molecule has 1 aliphatic rings. The second-order valence-corrected chi connectivity index (χ2v) is 8.07. The third-order valence-electron chi connectivity index (χ3n) is 2.89. The van der Waals surface area contributed by atoms with Crippen molar-refractivity contribution in [3.63, 3.8) is 0 Å². The predicted molar refractivity (Wildman–Crippen MR) is 73.9 cm³/mol. The van der Waals surface area contributed by atoms with Crippen LogP contribution >= 0.6 is 11.8 Å². The van der Waals surface area contributed by atoms with Crippen LogP contribution < -0.4 is 5.32 Å². The molecule has 1 aromatic heterocycles. The van der Waals surface area contributed by atoms with Gasteiger partial charge in [-0.2, -0.15) is 0 Å². The number of aromatic nitrogens is 4. The van der Waals surface area contributed by atoms with Gasteiger partial charge in [-0.3, -0.25) is 0 Å². The molecular formula is C10H19N5O2S2. The zero-order valence-corrected chi connectivity index (χ0v) is 12.6. The molecule has 9 heteroatoms. The maximum Gasteiger partial charge on any atom is 0.209 e. The second kappa shape index (κ2) is 6.67. The van der Waals surface area contributed by atoms with Crippen molar-refractivity contribution in [1.29, 1.82) is 0 Å². The number of rotatable bonds is 7. The number of tetrazole rings is 1. The van der Waals surface area contributed by atoms with Crippen LogP contribution in [0, 0.1) is 0 Å². The Labute approximate surface area is 117 Å². The molecule has 19 heavy (non-hydrogen) atoms.